The molecule has 0 saturated carbocycles. The number of carbonyl (C=O) groups excluding carboxylic acids is 1. The Bertz CT molecular complexity index is 892. The van der Waals surface area contributed by atoms with Gasteiger partial charge in [-0.15, -0.1) is 0 Å². The van der Waals surface area contributed by atoms with E-state index < -0.39 is 6.10 Å². The first-order chi connectivity index (χ1) is 12.5. The molecule has 0 saturated heterocycles. The fourth-order valence-electron chi connectivity index (χ4n) is 2.57. The van der Waals surface area contributed by atoms with Crippen LogP contribution < -0.4 is 10.1 Å². The monoisotopic (exact) mass is 409 g/mol. The summed E-state index contributed by atoms with van der Waals surface area (Å²) >= 11 is 3.47. The van der Waals surface area contributed by atoms with E-state index in [0.717, 1.165) is 26.9 Å². The van der Waals surface area contributed by atoms with Gasteiger partial charge in [0, 0.05) is 4.47 Å². The van der Waals surface area contributed by atoms with Crippen LogP contribution in [0.25, 0.3) is 11.1 Å². The average molecular weight is 410 g/mol. The molecule has 26 heavy (non-hydrogen) atoms. The molecule has 0 aliphatic carbocycles. The zero-order chi connectivity index (χ0) is 18.5. The zero-order valence-corrected chi connectivity index (χ0v) is 16.3. The van der Waals surface area contributed by atoms with Crippen LogP contribution >= 0.6 is 15.9 Å². The molecule has 4 heteroatoms. The molecular formula is C22H20BrNO2. The minimum absolute atomic E-state index is 0.193. The molecule has 3 rings (SSSR count). The first kappa shape index (κ1) is 18.2. The number of anilines is 1. The highest BCUT2D eigenvalue weighted by Crippen LogP contribution is 2.25. The standard InChI is InChI=1S/C22H20BrNO2/c1-15-8-13-21(20(23)14-15)24-22(25)16(2)26-19-11-9-18(10-12-19)17-6-4-3-5-7-17/h3-14,16H,1-2H3,(H,24,25)/t16-/m1/s1. The predicted molar refractivity (Wildman–Crippen MR) is 109 cm³/mol. The van der Waals surface area contributed by atoms with Crippen LogP contribution in [0.1, 0.15) is 12.5 Å². The van der Waals surface area contributed by atoms with E-state index in [4.69, 9.17) is 4.74 Å². The van der Waals surface area contributed by atoms with E-state index in [1.165, 1.54) is 0 Å². The molecule has 132 valence electrons. The van der Waals surface area contributed by atoms with Gasteiger partial charge in [-0.05, 0) is 70.7 Å². The number of aryl methyl sites for hydroxylation is 1. The van der Waals surface area contributed by atoms with Crippen molar-refractivity contribution in [3.63, 3.8) is 0 Å². The maximum atomic E-state index is 12.4. The molecule has 0 aliphatic heterocycles. The van der Waals surface area contributed by atoms with Crippen LogP contribution in [0.5, 0.6) is 5.75 Å². The summed E-state index contributed by atoms with van der Waals surface area (Å²) in [5.74, 6) is 0.469. The van der Waals surface area contributed by atoms with Crippen molar-refractivity contribution in [2.24, 2.45) is 0 Å². The maximum absolute atomic E-state index is 12.4. The zero-order valence-electron chi connectivity index (χ0n) is 14.7. The summed E-state index contributed by atoms with van der Waals surface area (Å²) < 4.78 is 6.63. The summed E-state index contributed by atoms with van der Waals surface area (Å²) in [6.07, 6.45) is -0.606. The number of amides is 1. The molecule has 0 radical (unpaired) electrons. The number of nitrogens with one attached hydrogen (secondary N) is 1. The van der Waals surface area contributed by atoms with Crippen molar-refractivity contribution in [2.75, 3.05) is 5.32 Å². The predicted octanol–water partition coefficient (Wildman–Crippen LogP) is 5.83. The minimum Gasteiger partial charge on any atom is -0.481 e. The fraction of sp³-hybridized carbons (Fsp3) is 0.136. The van der Waals surface area contributed by atoms with Crippen molar-refractivity contribution < 1.29 is 9.53 Å². The first-order valence-corrected chi connectivity index (χ1v) is 9.21. The van der Waals surface area contributed by atoms with E-state index in [1.54, 1.807) is 6.92 Å². The lowest BCUT2D eigenvalue weighted by Crippen LogP contribution is -2.30. The van der Waals surface area contributed by atoms with Crippen LogP contribution in [0.2, 0.25) is 0 Å². The van der Waals surface area contributed by atoms with E-state index in [1.807, 2.05) is 67.6 Å². The third-order valence-corrected chi connectivity index (χ3v) is 4.68. The molecule has 0 spiro atoms. The van der Waals surface area contributed by atoms with Gasteiger partial charge in [-0.25, -0.2) is 0 Å². The van der Waals surface area contributed by atoms with Gasteiger partial charge in [0.2, 0.25) is 0 Å². The van der Waals surface area contributed by atoms with Gasteiger partial charge in [0.25, 0.3) is 5.91 Å². The largest absolute Gasteiger partial charge is 0.481 e. The second kappa shape index (κ2) is 8.19. The smallest absolute Gasteiger partial charge is 0.265 e. The van der Waals surface area contributed by atoms with Gasteiger partial charge in [0.05, 0.1) is 5.69 Å². The van der Waals surface area contributed by atoms with Gasteiger partial charge in [0.1, 0.15) is 5.75 Å². The van der Waals surface area contributed by atoms with Crippen molar-refractivity contribution in [1.82, 2.24) is 0 Å². The lowest BCUT2D eigenvalue weighted by atomic mass is 10.1. The molecule has 1 amide bonds. The minimum atomic E-state index is -0.606. The lowest BCUT2D eigenvalue weighted by Gasteiger charge is -2.16. The van der Waals surface area contributed by atoms with Gasteiger partial charge in [-0.2, -0.15) is 0 Å². The number of hydrogen-bond donors (Lipinski definition) is 1. The number of carbonyl (C=O) groups is 1. The molecule has 0 heterocycles. The molecule has 3 nitrogen and oxygen atoms in total. The second-order valence-electron chi connectivity index (χ2n) is 6.12. The van der Waals surface area contributed by atoms with E-state index in [9.17, 15) is 4.79 Å². The van der Waals surface area contributed by atoms with Gasteiger partial charge in [-0.3, -0.25) is 4.79 Å². The van der Waals surface area contributed by atoms with Crippen molar-refractivity contribution in [3.05, 3.63) is 82.8 Å². The summed E-state index contributed by atoms with van der Waals surface area (Å²) in [7, 11) is 0. The van der Waals surface area contributed by atoms with Gasteiger partial charge in [-0.1, -0.05) is 48.5 Å². The third kappa shape index (κ3) is 4.52. The number of benzene rings is 3. The molecule has 0 aromatic heterocycles. The molecule has 1 atom stereocenters. The molecule has 0 fully saturated rings. The highest BCUT2D eigenvalue weighted by atomic mass is 79.9. The Balaban J connectivity index is 1.63. The van der Waals surface area contributed by atoms with Crippen LogP contribution in [-0.2, 0) is 4.79 Å². The van der Waals surface area contributed by atoms with Gasteiger partial charge < -0.3 is 10.1 Å². The Labute approximate surface area is 162 Å². The molecule has 3 aromatic carbocycles. The Kier molecular flexibility index (Phi) is 5.74. The number of hydrogen-bond acceptors (Lipinski definition) is 2. The molecule has 0 aliphatic rings. The van der Waals surface area contributed by atoms with Crippen molar-refractivity contribution in [1.29, 1.82) is 0 Å². The van der Waals surface area contributed by atoms with Crippen LogP contribution in [0.4, 0.5) is 5.69 Å². The topological polar surface area (TPSA) is 38.3 Å². The Morgan fingerprint density at radius 1 is 0.962 bits per heavy atom. The highest BCUT2D eigenvalue weighted by Gasteiger charge is 2.16. The van der Waals surface area contributed by atoms with Crippen molar-refractivity contribution >= 4 is 27.5 Å². The van der Waals surface area contributed by atoms with Crippen LogP contribution in [0.3, 0.4) is 0 Å². The van der Waals surface area contributed by atoms with E-state index in [0.29, 0.717) is 5.75 Å². The van der Waals surface area contributed by atoms with E-state index >= 15 is 0 Å². The second-order valence-corrected chi connectivity index (χ2v) is 6.98. The van der Waals surface area contributed by atoms with Gasteiger partial charge >= 0.3 is 0 Å². The number of rotatable bonds is 5. The molecule has 1 N–H and O–H groups in total. The van der Waals surface area contributed by atoms with E-state index in [2.05, 4.69) is 33.4 Å². The Morgan fingerprint density at radius 2 is 1.62 bits per heavy atom. The van der Waals surface area contributed by atoms with Gasteiger partial charge in [0.15, 0.2) is 6.10 Å². The molecular weight excluding hydrogens is 390 g/mol. The summed E-state index contributed by atoms with van der Waals surface area (Å²) in [4.78, 5) is 12.4. The first-order valence-electron chi connectivity index (χ1n) is 8.42. The van der Waals surface area contributed by atoms with Crippen LogP contribution in [0, 0.1) is 6.92 Å². The van der Waals surface area contributed by atoms with Crippen LogP contribution in [-0.4, -0.2) is 12.0 Å². The summed E-state index contributed by atoms with van der Waals surface area (Å²) in [6.45, 7) is 3.74. The Morgan fingerprint density at radius 3 is 2.27 bits per heavy atom. The van der Waals surface area contributed by atoms with Crippen molar-refractivity contribution in [2.45, 2.75) is 20.0 Å². The highest BCUT2D eigenvalue weighted by molar-refractivity contribution is 9.10. The lowest BCUT2D eigenvalue weighted by molar-refractivity contribution is -0.122. The summed E-state index contributed by atoms with van der Waals surface area (Å²) in [6, 6.07) is 23.7. The number of ether oxygens (including phenoxy) is 1. The maximum Gasteiger partial charge on any atom is 0.265 e. The van der Waals surface area contributed by atoms with Crippen molar-refractivity contribution in [3.8, 4) is 16.9 Å². The van der Waals surface area contributed by atoms with E-state index in [-0.39, 0.29) is 5.91 Å². The molecule has 3 aromatic rings. The third-order valence-electron chi connectivity index (χ3n) is 4.03. The number of halogens is 1. The SMILES string of the molecule is Cc1ccc(NC(=O)[C@@H](C)Oc2ccc(-c3ccccc3)cc2)c(Br)c1. The fourth-order valence-corrected chi connectivity index (χ4v) is 3.16. The molecule has 0 bridgehead atoms. The van der Waals surface area contributed by atoms with Crippen LogP contribution in [0.15, 0.2) is 77.3 Å². The average Bonchev–Trinajstić information content (AvgIpc) is 2.65. The summed E-state index contributed by atoms with van der Waals surface area (Å²) in [5.41, 5.74) is 4.11. The normalized spacial score (nSPS) is 11.7. The molecule has 0 unspecified atom stereocenters. The Hall–Kier alpha value is -2.59. The quantitative estimate of drug-likeness (QED) is 0.575. The summed E-state index contributed by atoms with van der Waals surface area (Å²) in [5, 5.41) is 2.88.